The van der Waals surface area contributed by atoms with Gasteiger partial charge in [0.25, 0.3) is 5.69 Å². The van der Waals surface area contributed by atoms with Crippen LogP contribution in [0.2, 0.25) is 0 Å². The fraction of sp³-hybridized carbons (Fsp3) is 0.111. The highest BCUT2D eigenvalue weighted by Gasteiger charge is 2.21. The number of nitro benzene ring substituents is 1. The van der Waals surface area contributed by atoms with Crippen LogP contribution in [0.1, 0.15) is 20.7 Å². The maximum absolute atomic E-state index is 11.1. The summed E-state index contributed by atoms with van der Waals surface area (Å²) in [6.07, 6.45) is 0.147. The van der Waals surface area contributed by atoms with Crippen molar-refractivity contribution in [2.75, 3.05) is 7.11 Å². The summed E-state index contributed by atoms with van der Waals surface area (Å²) in [5.41, 5.74) is -1.31. The minimum absolute atomic E-state index is 0.147. The number of phenolic OH excluding ortho intramolecular Hbond substituents is 1. The topological polar surface area (TPSA) is 107 Å². The molecule has 0 aliphatic heterocycles. The van der Waals surface area contributed by atoms with Crippen LogP contribution < -0.4 is 0 Å². The van der Waals surface area contributed by atoms with Crippen molar-refractivity contribution in [3.63, 3.8) is 0 Å². The van der Waals surface area contributed by atoms with Crippen LogP contribution in [-0.4, -0.2) is 29.4 Å². The first-order chi connectivity index (χ1) is 7.51. The van der Waals surface area contributed by atoms with E-state index in [-0.39, 0.29) is 11.8 Å². The van der Waals surface area contributed by atoms with Gasteiger partial charge in [-0.2, -0.15) is 0 Å². The Morgan fingerprint density at radius 1 is 1.56 bits per heavy atom. The molecule has 0 atom stereocenters. The smallest absolute Gasteiger partial charge is 0.338 e. The number of carbonyl (C=O) groups is 2. The predicted octanol–water partition coefficient (Wildman–Crippen LogP) is 0.899. The summed E-state index contributed by atoms with van der Waals surface area (Å²) in [5, 5.41) is 19.9. The Morgan fingerprint density at radius 2 is 2.19 bits per heavy atom. The molecular formula is C9H7NO6. The van der Waals surface area contributed by atoms with E-state index in [4.69, 9.17) is 0 Å². The van der Waals surface area contributed by atoms with Crippen molar-refractivity contribution in [1.82, 2.24) is 0 Å². The summed E-state index contributed by atoms with van der Waals surface area (Å²) in [7, 11) is 1.10. The highest BCUT2D eigenvalue weighted by molar-refractivity contribution is 5.94. The van der Waals surface area contributed by atoms with Gasteiger partial charge in [-0.1, -0.05) is 0 Å². The van der Waals surface area contributed by atoms with Gasteiger partial charge in [-0.25, -0.2) is 4.79 Å². The molecule has 0 saturated carbocycles. The number of benzene rings is 1. The van der Waals surface area contributed by atoms with E-state index in [0.717, 1.165) is 19.2 Å². The Kier molecular flexibility index (Phi) is 3.19. The normalized spacial score (nSPS) is 9.56. The molecule has 0 aliphatic rings. The first kappa shape index (κ1) is 11.6. The molecule has 0 amide bonds. The van der Waals surface area contributed by atoms with Crippen LogP contribution in [0.15, 0.2) is 12.1 Å². The highest BCUT2D eigenvalue weighted by Crippen LogP contribution is 2.28. The monoisotopic (exact) mass is 225 g/mol. The molecule has 0 aliphatic carbocycles. The number of hydrogen-bond acceptors (Lipinski definition) is 6. The van der Waals surface area contributed by atoms with Crippen molar-refractivity contribution in [3.05, 3.63) is 33.4 Å². The Balaban J connectivity index is 3.45. The van der Waals surface area contributed by atoms with E-state index in [1.165, 1.54) is 0 Å². The van der Waals surface area contributed by atoms with E-state index < -0.39 is 27.9 Å². The van der Waals surface area contributed by atoms with Crippen molar-refractivity contribution in [2.45, 2.75) is 0 Å². The molecule has 7 nitrogen and oxygen atoms in total. The number of aldehydes is 1. The predicted molar refractivity (Wildman–Crippen MR) is 51.5 cm³/mol. The summed E-state index contributed by atoms with van der Waals surface area (Å²) in [5.74, 6) is -1.47. The second kappa shape index (κ2) is 4.39. The van der Waals surface area contributed by atoms with E-state index in [9.17, 15) is 24.8 Å². The minimum atomic E-state index is -0.865. The van der Waals surface area contributed by atoms with Crippen molar-refractivity contribution >= 4 is 17.9 Å². The molecule has 7 heteroatoms. The lowest BCUT2D eigenvalue weighted by Gasteiger charge is -2.03. The van der Waals surface area contributed by atoms with Gasteiger partial charge in [0.05, 0.1) is 17.6 Å². The van der Waals surface area contributed by atoms with Gasteiger partial charge in [0.2, 0.25) is 0 Å². The molecule has 0 radical (unpaired) electrons. The van der Waals surface area contributed by atoms with Gasteiger partial charge in [-0.15, -0.1) is 0 Å². The summed E-state index contributed by atoms with van der Waals surface area (Å²) in [4.78, 5) is 31.3. The van der Waals surface area contributed by atoms with Crippen LogP contribution in [0.4, 0.5) is 5.69 Å². The van der Waals surface area contributed by atoms with Crippen LogP contribution in [0, 0.1) is 10.1 Å². The molecule has 0 fully saturated rings. The van der Waals surface area contributed by atoms with Crippen molar-refractivity contribution in [3.8, 4) is 5.75 Å². The third kappa shape index (κ3) is 1.97. The van der Waals surface area contributed by atoms with Crippen molar-refractivity contribution in [2.24, 2.45) is 0 Å². The van der Waals surface area contributed by atoms with E-state index in [1.54, 1.807) is 0 Å². The number of nitrogens with zero attached hydrogens (tertiary/aromatic N) is 1. The quantitative estimate of drug-likeness (QED) is 0.354. The number of hydrogen-bond donors (Lipinski definition) is 1. The molecule has 84 valence electrons. The zero-order valence-corrected chi connectivity index (χ0v) is 8.17. The number of ether oxygens (including phenoxy) is 1. The lowest BCUT2D eigenvalue weighted by molar-refractivity contribution is -0.385. The molecule has 0 heterocycles. The Labute approximate surface area is 89.4 Å². The number of nitro groups is 1. The van der Waals surface area contributed by atoms with Gasteiger partial charge in [0.1, 0.15) is 11.3 Å². The SMILES string of the molecule is COC(=O)c1cc(O)c(C=O)c([N+](=O)[O-])c1. The number of rotatable bonds is 3. The molecule has 1 aromatic carbocycles. The number of aromatic hydroxyl groups is 1. The van der Waals surface area contributed by atoms with E-state index in [0.29, 0.717) is 0 Å². The Bertz CT molecular complexity index is 467. The molecule has 16 heavy (non-hydrogen) atoms. The molecule has 1 rings (SSSR count). The Hall–Kier alpha value is -2.44. The molecule has 0 unspecified atom stereocenters. The maximum atomic E-state index is 11.1. The number of methoxy groups -OCH3 is 1. The molecule has 0 saturated heterocycles. The summed E-state index contributed by atoms with van der Waals surface area (Å²) >= 11 is 0. The lowest BCUT2D eigenvalue weighted by Crippen LogP contribution is -2.04. The largest absolute Gasteiger partial charge is 0.507 e. The highest BCUT2D eigenvalue weighted by atomic mass is 16.6. The van der Waals surface area contributed by atoms with Crippen LogP contribution in [-0.2, 0) is 4.74 Å². The van der Waals surface area contributed by atoms with Crippen LogP contribution in [0.25, 0.3) is 0 Å². The van der Waals surface area contributed by atoms with E-state index in [2.05, 4.69) is 4.74 Å². The summed E-state index contributed by atoms with van der Waals surface area (Å²) in [6, 6.07) is 1.80. The van der Waals surface area contributed by atoms with Gasteiger partial charge < -0.3 is 9.84 Å². The molecule has 0 aromatic heterocycles. The van der Waals surface area contributed by atoms with Gasteiger partial charge in [0, 0.05) is 6.07 Å². The second-order valence-corrected chi connectivity index (χ2v) is 2.79. The van der Waals surface area contributed by atoms with Crippen LogP contribution >= 0.6 is 0 Å². The van der Waals surface area contributed by atoms with Crippen LogP contribution in [0.3, 0.4) is 0 Å². The average Bonchev–Trinajstić information content (AvgIpc) is 2.26. The zero-order chi connectivity index (χ0) is 12.3. The molecule has 1 aromatic rings. The first-order valence-corrected chi connectivity index (χ1v) is 4.06. The maximum Gasteiger partial charge on any atom is 0.338 e. The molecule has 0 bridgehead atoms. The van der Waals surface area contributed by atoms with Gasteiger partial charge >= 0.3 is 5.97 Å². The van der Waals surface area contributed by atoms with Crippen molar-refractivity contribution in [1.29, 1.82) is 0 Å². The molecular weight excluding hydrogens is 218 g/mol. The second-order valence-electron chi connectivity index (χ2n) is 2.79. The lowest BCUT2D eigenvalue weighted by atomic mass is 10.1. The summed E-state index contributed by atoms with van der Waals surface area (Å²) < 4.78 is 4.34. The number of phenols is 1. The van der Waals surface area contributed by atoms with Gasteiger partial charge in [-0.05, 0) is 6.07 Å². The third-order valence-electron chi connectivity index (χ3n) is 1.87. The average molecular weight is 225 g/mol. The fourth-order valence-electron chi connectivity index (χ4n) is 1.13. The number of esters is 1. The fourth-order valence-corrected chi connectivity index (χ4v) is 1.13. The first-order valence-electron chi connectivity index (χ1n) is 4.06. The zero-order valence-electron chi connectivity index (χ0n) is 8.17. The molecule has 0 spiro atoms. The summed E-state index contributed by atoms with van der Waals surface area (Å²) in [6.45, 7) is 0. The van der Waals surface area contributed by atoms with E-state index >= 15 is 0 Å². The van der Waals surface area contributed by atoms with Gasteiger partial charge in [-0.3, -0.25) is 14.9 Å². The van der Waals surface area contributed by atoms with Crippen LogP contribution in [0.5, 0.6) is 5.75 Å². The van der Waals surface area contributed by atoms with Crippen molar-refractivity contribution < 1.29 is 24.4 Å². The number of carbonyl (C=O) groups excluding carboxylic acids is 2. The minimum Gasteiger partial charge on any atom is -0.507 e. The standard InChI is InChI=1S/C9H7NO6/c1-16-9(13)5-2-7(10(14)15)6(4-11)8(12)3-5/h2-4,12H,1H3. The third-order valence-corrected chi connectivity index (χ3v) is 1.87. The van der Waals surface area contributed by atoms with Gasteiger partial charge in [0.15, 0.2) is 6.29 Å². The molecule has 1 N–H and O–H groups in total. The van der Waals surface area contributed by atoms with E-state index in [1.807, 2.05) is 0 Å². The Morgan fingerprint density at radius 3 is 2.62 bits per heavy atom.